The standard InChI is InChI=1S/C26H44N2O10S2/c1-18-10-11-20(28(12-14-36-39(8,32)33)13-15-37-40(9,34)35)16-19(18)17-21(22(23(29)30)25(2,3)4)27-24(31)38-26(5,6)7/h10-11,16,21-22H,12-15,17H2,1-9H3,(H,27,31)(H,29,30)/t21-,22?/m1/s1. The lowest BCUT2D eigenvalue weighted by Crippen LogP contribution is -2.50. The summed E-state index contributed by atoms with van der Waals surface area (Å²) in [5, 5.41) is 12.9. The molecular formula is C26H44N2O10S2. The maximum Gasteiger partial charge on any atom is 0.407 e. The van der Waals surface area contributed by atoms with E-state index in [1.165, 1.54) is 0 Å². The summed E-state index contributed by atoms with van der Waals surface area (Å²) >= 11 is 0. The van der Waals surface area contributed by atoms with Gasteiger partial charge in [-0.3, -0.25) is 13.2 Å². The Balaban J connectivity index is 3.42. The highest BCUT2D eigenvalue weighted by molar-refractivity contribution is 7.86. The monoisotopic (exact) mass is 608 g/mol. The molecule has 0 saturated heterocycles. The van der Waals surface area contributed by atoms with Crippen LogP contribution in [-0.2, 0) is 44.6 Å². The molecule has 1 unspecified atom stereocenters. The van der Waals surface area contributed by atoms with Gasteiger partial charge in [-0.05, 0) is 62.8 Å². The minimum absolute atomic E-state index is 0.0992. The topological polar surface area (TPSA) is 166 Å². The first-order valence-corrected chi connectivity index (χ1v) is 16.4. The molecule has 14 heteroatoms. The van der Waals surface area contributed by atoms with Gasteiger partial charge in [-0.1, -0.05) is 26.8 Å². The lowest BCUT2D eigenvalue weighted by atomic mass is 9.74. The molecule has 0 aromatic heterocycles. The second kappa shape index (κ2) is 14.0. The summed E-state index contributed by atoms with van der Waals surface area (Å²) in [7, 11) is -7.39. The van der Waals surface area contributed by atoms with Gasteiger partial charge in [0.25, 0.3) is 20.2 Å². The molecule has 0 spiro atoms. The molecule has 1 rings (SSSR count). The van der Waals surface area contributed by atoms with Crippen LogP contribution in [0.5, 0.6) is 0 Å². The zero-order valence-electron chi connectivity index (χ0n) is 24.8. The van der Waals surface area contributed by atoms with E-state index in [1.807, 2.05) is 13.0 Å². The average molecular weight is 609 g/mol. The van der Waals surface area contributed by atoms with Crippen molar-refractivity contribution in [3.8, 4) is 0 Å². The first-order valence-electron chi connectivity index (χ1n) is 12.7. The largest absolute Gasteiger partial charge is 0.481 e. The first kappa shape index (κ1) is 35.6. The van der Waals surface area contributed by atoms with Crippen LogP contribution in [0.15, 0.2) is 18.2 Å². The molecule has 0 radical (unpaired) electrons. The number of carbonyl (C=O) groups is 2. The predicted molar refractivity (Wildman–Crippen MR) is 152 cm³/mol. The summed E-state index contributed by atoms with van der Waals surface area (Å²) in [6, 6.07) is 4.54. The van der Waals surface area contributed by atoms with Crippen LogP contribution in [0, 0.1) is 18.3 Å². The van der Waals surface area contributed by atoms with Gasteiger partial charge in [0, 0.05) is 18.8 Å². The molecular weight excluding hydrogens is 564 g/mol. The second-order valence-corrected chi connectivity index (χ2v) is 15.1. The number of benzene rings is 1. The van der Waals surface area contributed by atoms with Crippen molar-refractivity contribution in [2.24, 2.45) is 11.3 Å². The lowest BCUT2D eigenvalue weighted by molar-refractivity contribution is -0.146. The van der Waals surface area contributed by atoms with Crippen molar-refractivity contribution in [3.05, 3.63) is 29.3 Å². The van der Waals surface area contributed by atoms with Crippen LogP contribution < -0.4 is 10.2 Å². The molecule has 0 saturated carbocycles. The van der Waals surface area contributed by atoms with Crippen LogP contribution >= 0.6 is 0 Å². The fraction of sp³-hybridized carbons (Fsp3) is 0.692. The van der Waals surface area contributed by atoms with Crippen LogP contribution in [0.3, 0.4) is 0 Å². The Bertz CT molecular complexity index is 1190. The third-order valence-corrected chi connectivity index (χ3v) is 6.95. The number of hydrogen-bond donors (Lipinski definition) is 2. The highest BCUT2D eigenvalue weighted by Gasteiger charge is 2.40. The fourth-order valence-corrected chi connectivity index (χ4v) is 4.89. The van der Waals surface area contributed by atoms with Crippen molar-refractivity contribution in [3.63, 3.8) is 0 Å². The van der Waals surface area contributed by atoms with Crippen LogP contribution in [0.2, 0.25) is 0 Å². The van der Waals surface area contributed by atoms with E-state index in [4.69, 9.17) is 13.1 Å². The van der Waals surface area contributed by atoms with Crippen molar-refractivity contribution >= 4 is 38.0 Å². The van der Waals surface area contributed by atoms with E-state index in [9.17, 15) is 31.5 Å². The second-order valence-electron chi connectivity index (χ2n) is 11.8. The highest BCUT2D eigenvalue weighted by atomic mass is 32.2. The molecule has 0 fully saturated rings. The summed E-state index contributed by atoms with van der Waals surface area (Å²) < 4.78 is 61.0. The van der Waals surface area contributed by atoms with Crippen molar-refractivity contribution in [1.29, 1.82) is 0 Å². The molecule has 0 bridgehead atoms. The number of carboxylic acids is 1. The van der Waals surface area contributed by atoms with Crippen molar-refractivity contribution in [1.82, 2.24) is 5.32 Å². The molecule has 0 aliphatic rings. The third-order valence-electron chi connectivity index (χ3n) is 5.76. The van der Waals surface area contributed by atoms with Crippen LogP contribution in [-0.4, -0.2) is 84.5 Å². The number of hydrogen-bond acceptors (Lipinski definition) is 10. The zero-order valence-corrected chi connectivity index (χ0v) is 26.4. The number of nitrogens with zero attached hydrogens (tertiary/aromatic N) is 1. The third kappa shape index (κ3) is 13.8. The fourth-order valence-electron chi connectivity index (χ4n) is 4.14. The number of rotatable bonds is 14. The Morgan fingerprint density at radius 1 is 0.950 bits per heavy atom. The van der Waals surface area contributed by atoms with E-state index in [0.717, 1.165) is 23.6 Å². The Hall–Kier alpha value is -2.42. The van der Waals surface area contributed by atoms with Gasteiger partial charge in [0.1, 0.15) is 5.60 Å². The minimum Gasteiger partial charge on any atom is -0.481 e. The first-order chi connectivity index (χ1) is 18.0. The SMILES string of the molecule is Cc1ccc(N(CCOS(C)(=O)=O)CCOS(C)(=O)=O)cc1C[C@@H](NC(=O)OC(C)(C)C)C(C(=O)O)C(C)(C)C. The van der Waals surface area contributed by atoms with E-state index >= 15 is 0 Å². The number of aryl methyl sites for hydroxylation is 1. The molecule has 0 aliphatic carbocycles. The summed E-state index contributed by atoms with van der Waals surface area (Å²) in [6.07, 6.45) is 1.28. The molecule has 230 valence electrons. The Morgan fingerprint density at radius 3 is 1.85 bits per heavy atom. The van der Waals surface area contributed by atoms with Crippen molar-refractivity contribution < 1.29 is 44.6 Å². The van der Waals surface area contributed by atoms with Crippen molar-refractivity contribution in [2.75, 3.05) is 43.7 Å². The number of amides is 1. The number of carboxylic acid groups (broad SMARTS) is 1. The number of alkyl carbamates (subject to hydrolysis) is 1. The van der Waals surface area contributed by atoms with Gasteiger partial charge >= 0.3 is 12.1 Å². The Kier molecular flexibility index (Phi) is 12.4. The molecule has 1 amide bonds. The Morgan fingerprint density at radius 2 is 1.45 bits per heavy atom. The van der Waals surface area contributed by atoms with Crippen LogP contribution in [0.4, 0.5) is 10.5 Å². The van der Waals surface area contributed by atoms with Gasteiger partial charge < -0.3 is 20.1 Å². The molecule has 0 aliphatic heterocycles. The van der Waals surface area contributed by atoms with E-state index in [1.54, 1.807) is 58.6 Å². The minimum atomic E-state index is -3.69. The molecule has 1 aromatic rings. The van der Waals surface area contributed by atoms with Gasteiger partial charge in [0.2, 0.25) is 0 Å². The van der Waals surface area contributed by atoms with Gasteiger partial charge in [-0.15, -0.1) is 0 Å². The van der Waals surface area contributed by atoms with Crippen LogP contribution in [0.1, 0.15) is 52.7 Å². The number of carbonyl (C=O) groups excluding carboxylic acids is 1. The van der Waals surface area contributed by atoms with Gasteiger partial charge in [-0.25, -0.2) is 4.79 Å². The summed E-state index contributed by atoms with van der Waals surface area (Å²) in [6.45, 7) is 12.2. The zero-order chi connectivity index (χ0) is 31.1. The number of anilines is 1. The van der Waals surface area contributed by atoms with E-state index in [0.29, 0.717) is 5.69 Å². The average Bonchev–Trinajstić information content (AvgIpc) is 2.69. The summed E-state index contributed by atoms with van der Waals surface area (Å²) in [5.74, 6) is -2.04. The molecule has 1 aromatic carbocycles. The van der Waals surface area contributed by atoms with Gasteiger partial charge in [0.05, 0.1) is 37.7 Å². The maximum atomic E-state index is 12.7. The molecule has 12 nitrogen and oxygen atoms in total. The van der Waals surface area contributed by atoms with Crippen molar-refractivity contribution in [2.45, 2.75) is 66.5 Å². The number of nitrogens with one attached hydrogen (secondary N) is 1. The molecule has 40 heavy (non-hydrogen) atoms. The van der Waals surface area contributed by atoms with E-state index in [-0.39, 0.29) is 32.7 Å². The molecule has 2 N–H and O–H groups in total. The van der Waals surface area contributed by atoms with Crippen LogP contribution in [0.25, 0.3) is 0 Å². The molecule has 0 heterocycles. The quantitative estimate of drug-likeness (QED) is 0.298. The number of ether oxygens (including phenoxy) is 1. The smallest absolute Gasteiger partial charge is 0.407 e. The predicted octanol–water partition coefficient (Wildman–Crippen LogP) is 2.94. The van der Waals surface area contributed by atoms with Gasteiger partial charge in [-0.2, -0.15) is 16.8 Å². The van der Waals surface area contributed by atoms with E-state index < -0.39 is 55.3 Å². The highest BCUT2D eigenvalue weighted by Crippen LogP contribution is 2.32. The number of aliphatic carboxylic acids is 1. The maximum absolute atomic E-state index is 12.7. The van der Waals surface area contributed by atoms with E-state index in [2.05, 4.69) is 5.32 Å². The summed E-state index contributed by atoms with van der Waals surface area (Å²) in [4.78, 5) is 26.8. The molecule has 2 atom stereocenters. The lowest BCUT2D eigenvalue weighted by Gasteiger charge is -2.35. The Labute approximate surface area is 238 Å². The summed E-state index contributed by atoms with van der Waals surface area (Å²) in [5.41, 5.74) is 0.667. The normalized spacial score (nSPS) is 14.3. The van der Waals surface area contributed by atoms with Gasteiger partial charge in [0.15, 0.2) is 0 Å².